The largest absolute Gasteiger partial charge is 0.481 e. The van der Waals surface area contributed by atoms with E-state index in [4.69, 9.17) is 4.74 Å². The van der Waals surface area contributed by atoms with Gasteiger partial charge in [0.05, 0.1) is 12.6 Å². The maximum absolute atomic E-state index is 5.05. The van der Waals surface area contributed by atoms with Gasteiger partial charge in [-0.1, -0.05) is 12.1 Å². The molecule has 3 rings (SSSR count). The molecule has 0 aliphatic heterocycles. The molecule has 2 aromatic heterocycles. The normalized spacial score (nSPS) is 10.5. The van der Waals surface area contributed by atoms with Crippen LogP contribution in [0.2, 0.25) is 0 Å². The average Bonchev–Trinajstić information content (AvgIpc) is 2.47. The molecule has 0 fully saturated rings. The summed E-state index contributed by atoms with van der Waals surface area (Å²) in [6.45, 7) is 0. The first kappa shape index (κ1) is 10.7. The van der Waals surface area contributed by atoms with Crippen molar-refractivity contribution in [2.75, 3.05) is 7.11 Å². The summed E-state index contributed by atoms with van der Waals surface area (Å²) in [5, 5.41) is 1.13. The Morgan fingerprint density at radius 3 is 2.61 bits per heavy atom. The van der Waals surface area contributed by atoms with E-state index in [0.29, 0.717) is 5.88 Å². The monoisotopic (exact) mass is 236 g/mol. The lowest BCUT2D eigenvalue weighted by molar-refractivity contribution is 0.398. The zero-order valence-electron chi connectivity index (χ0n) is 10.00. The molecule has 2 heterocycles. The summed E-state index contributed by atoms with van der Waals surface area (Å²) in [6.07, 6.45) is 3.62. The predicted octanol–water partition coefficient (Wildman–Crippen LogP) is 3.31. The summed E-state index contributed by atoms with van der Waals surface area (Å²) in [7, 11) is 1.61. The smallest absolute Gasteiger partial charge is 0.212 e. The van der Waals surface area contributed by atoms with Gasteiger partial charge in [0, 0.05) is 29.4 Å². The van der Waals surface area contributed by atoms with Gasteiger partial charge in [-0.2, -0.15) is 0 Å². The number of nitrogens with zero attached hydrogens (tertiary/aromatic N) is 2. The lowest BCUT2D eigenvalue weighted by Crippen LogP contribution is -1.87. The van der Waals surface area contributed by atoms with E-state index in [1.54, 1.807) is 13.3 Å². The van der Waals surface area contributed by atoms with Crippen LogP contribution in [0.5, 0.6) is 5.88 Å². The highest BCUT2D eigenvalue weighted by molar-refractivity contribution is 5.84. The average molecular weight is 236 g/mol. The second-order valence-electron chi connectivity index (χ2n) is 4.00. The highest BCUT2D eigenvalue weighted by Gasteiger charge is 2.01. The molecule has 0 amide bonds. The first-order valence-electron chi connectivity index (χ1n) is 5.72. The Morgan fingerprint density at radius 2 is 1.83 bits per heavy atom. The van der Waals surface area contributed by atoms with Crippen LogP contribution in [0.4, 0.5) is 0 Å². The van der Waals surface area contributed by atoms with Crippen LogP contribution in [-0.2, 0) is 0 Å². The predicted molar refractivity (Wildman–Crippen MR) is 71.5 cm³/mol. The topological polar surface area (TPSA) is 35.0 Å². The Hall–Kier alpha value is -2.42. The van der Waals surface area contributed by atoms with E-state index in [1.807, 2.05) is 30.5 Å². The highest BCUT2D eigenvalue weighted by Crippen LogP contribution is 2.23. The maximum Gasteiger partial charge on any atom is 0.212 e. The van der Waals surface area contributed by atoms with Crippen molar-refractivity contribution in [2.45, 2.75) is 0 Å². The standard InChI is InChI=1S/C15H12N2O/c1-18-15-7-5-13(10-17-15)11-4-6-14-12(9-11)3-2-8-16-14/h2-10H,1H3. The molecule has 0 radical (unpaired) electrons. The molecule has 0 unspecified atom stereocenters. The van der Waals surface area contributed by atoms with E-state index in [1.165, 1.54) is 0 Å². The number of methoxy groups -OCH3 is 1. The molecule has 18 heavy (non-hydrogen) atoms. The Bertz CT molecular complexity index is 677. The molecule has 0 bridgehead atoms. The number of fused-ring (bicyclic) bond motifs is 1. The molecule has 0 N–H and O–H groups in total. The number of ether oxygens (including phenoxy) is 1. The van der Waals surface area contributed by atoms with E-state index in [-0.39, 0.29) is 0 Å². The summed E-state index contributed by atoms with van der Waals surface area (Å²) in [6, 6.07) is 14.1. The van der Waals surface area contributed by atoms with Crippen LogP contribution < -0.4 is 4.74 Å². The fourth-order valence-corrected chi connectivity index (χ4v) is 1.93. The van der Waals surface area contributed by atoms with Gasteiger partial charge in [0.15, 0.2) is 0 Å². The van der Waals surface area contributed by atoms with Crippen LogP contribution in [0.1, 0.15) is 0 Å². The minimum absolute atomic E-state index is 0.626. The Balaban J connectivity index is 2.07. The Labute approximate surface area is 105 Å². The Morgan fingerprint density at radius 1 is 0.944 bits per heavy atom. The fourth-order valence-electron chi connectivity index (χ4n) is 1.93. The number of benzene rings is 1. The first-order valence-corrected chi connectivity index (χ1v) is 5.72. The summed E-state index contributed by atoms with van der Waals surface area (Å²) in [4.78, 5) is 8.52. The van der Waals surface area contributed by atoms with Gasteiger partial charge in [-0.05, 0) is 29.8 Å². The molecule has 0 saturated heterocycles. The summed E-state index contributed by atoms with van der Waals surface area (Å²) < 4.78 is 5.05. The van der Waals surface area contributed by atoms with Crippen molar-refractivity contribution >= 4 is 10.9 Å². The summed E-state index contributed by atoms with van der Waals surface area (Å²) in [5.74, 6) is 0.626. The SMILES string of the molecule is COc1ccc(-c2ccc3ncccc3c2)cn1. The first-order chi connectivity index (χ1) is 8.86. The van der Waals surface area contributed by atoms with Gasteiger partial charge >= 0.3 is 0 Å². The number of hydrogen-bond acceptors (Lipinski definition) is 3. The van der Waals surface area contributed by atoms with Gasteiger partial charge in [0.1, 0.15) is 0 Å². The van der Waals surface area contributed by atoms with E-state index < -0.39 is 0 Å². The third kappa shape index (κ3) is 1.91. The number of rotatable bonds is 2. The van der Waals surface area contributed by atoms with Crippen LogP contribution in [0.25, 0.3) is 22.0 Å². The van der Waals surface area contributed by atoms with Crippen molar-refractivity contribution in [1.29, 1.82) is 0 Å². The Kier molecular flexibility index (Phi) is 2.65. The highest BCUT2D eigenvalue weighted by atomic mass is 16.5. The molecule has 0 saturated carbocycles. The van der Waals surface area contributed by atoms with Crippen molar-refractivity contribution < 1.29 is 4.74 Å². The molecular weight excluding hydrogens is 224 g/mol. The van der Waals surface area contributed by atoms with E-state index >= 15 is 0 Å². The van der Waals surface area contributed by atoms with Gasteiger partial charge in [0.25, 0.3) is 0 Å². The van der Waals surface area contributed by atoms with Crippen LogP contribution in [0.3, 0.4) is 0 Å². The second kappa shape index (κ2) is 4.45. The summed E-state index contributed by atoms with van der Waals surface area (Å²) in [5.41, 5.74) is 3.20. The lowest BCUT2D eigenvalue weighted by atomic mass is 10.1. The van der Waals surface area contributed by atoms with Crippen LogP contribution in [0.15, 0.2) is 54.9 Å². The number of aromatic nitrogens is 2. The van der Waals surface area contributed by atoms with Crippen molar-refractivity contribution in [3.8, 4) is 17.0 Å². The van der Waals surface area contributed by atoms with Crippen molar-refractivity contribution in [3.05, 3.63) is 54.9 Å². The fraction of sp³-hybridized carbons (Fsp3) is 0.0667. The molecule has 3 nitrogen and oxygen atoms in total. The number of hydrogen-bond donors (Lipinski definition) is 0. The third-order valence-electron chi connectivity index (χ3n) is 2.88. The van der Waals surface area contributed by atoms with Crippen LogP contribution in [-0.4, -0.2) is 17.1 Å². The third-order valence-corrected chi connectivity index (χ3v) is 2.88. The van der Waals surface area contributed by atoms with Crippen LogP contribution in [0, 0.1) is 0 Å². The van der Waals surface area contributed by atoms with Gasteiger partial charge in [-0.3, -0.25) is 4.98 Å². The van der Waals surface area contributed by atoms with Gasteiger partial charge < -0.3 is 4.74 Å². The molecule has 88 valence electrons. The minimum atomic E-state index is 0.626. The molecule has 0 spiro atoms. The van der Waals surface area contributed by atoms with E-state index in [0.717, 1.165) is 22.0 Å². The van der Waals surface area contributed by atoms with Crippen molar-refractivity contribution in [3.63, 3.8) is 0 Å². The molecule has 0 aliphatic carbocycles. The number of pyridine rings is 2. The van der Waals surface area contributed by atoms with Crippen LogP contribution >= 0.6 is 0 Å². The zero-order chi connectivity index (χ0) is 12.4. The van der Waals surface area contributed by atoms with Gasteiger partial charge in [-0.15, -0.1) is 0 Å². The van der Waals surface area contributed by atoms with Gasteiger partial charge in [0.2, 0.25) is 5.88 Å². The molecule has 3 aromatic rings. The van der Waals surface area contributed by atoms with Gasteiger partial charge in [-0.25, -0.2) is 4.98 Å². The van der Waals surface area contributed by atoms with E-state index in [9.17, 15) is 0 Å². The lowest BCUT2D eigenvalue weighted by Gasteiger charge is -2.04. The van der Waals surface area contributed by atoms with E-state index in [2.05, 4.69) is 28.2 Å². The quantitative estimate of drug-likeness (QED) is 0.684. The molecular formula is C15H12N2O. The second-order valence-corrected chi connectivity index (χ2v) is 4.00. The molecule has 0 aliphatic rings. The minimum Gasteiger partial charge on any atom is -0.481 e. The molecule has 1 aromatic carbocycles. The zero-order valence-corrected chi connectivity index (χ0v) is 10.00. The molecule has 0 atom stereocenters. The van der Waals surface area contributed by atoms with Crippen molar-refractivity contribution in [2.24, 2.45) is 0 Å². The molecule has 3 heteroatoms. The maximum atomic E-state index is 5.05. The van der Waals surface area contributed by atoms with Crippen molar-refractivity contribution in [1.82, 2.24) is 9.97 Å². The summed E-state index contributed by atoms with van der Waals surface area (Å²) >= 11 is 0.